The normalized spacial score (nSPS) is 12.7. The second-order valence-corrected chi connectivity index (χ2v) is 3.89. The number of nitrogens with one attached hydrogen (secondary N) is 1. The Hall–Kier alpha value is -0.780. The largest absolute Gasteiger partial charge is 0.389 e. The summed E-state index contributed by atoms with van der Waals surface area (Å²) in [6, 6.07) is 0. The molecule has 3 nitrogen and oxygen atoms in total. The van der Waals surface area contributed by atoms with Crippen molar-refractivity contribution >= 4 is 5.91 Å². The first-order valence-corrected chi connectivity index (χ1v) is 4.70. The van der Waals surface area contributed by atoms with Gasteiger partial charge in [0.15, 0.2) is 0 Å². The van der Waals surface area contributed by atoms with Crippen LogP contribution in [0.1, 0.15) is 33.1 Å². The molecule has 6 heteroatoms. The maximum Gasteiger partial charge on any atom is 0.389 e. The van der Waals surface area contributed by atoms with E-state index < -0.39 is 24.1 Å². The van der Waals surface area contributed by atoms with E-state index in [1.807, 2.05) is 0 Å². The van der Waals surface area contributed by atoms with Crippen LogP contribution < -0.4 is 5.32 Å². The van der Waals surface area contributed by atoms with E-state index in [1.165, 1.54) is 13.8 Å². The van der Waals surface area contributed by atoms with E-state index in [1.54, 1.807) is 0 Å². The van der Waals surface area contributed by atoms with Crippen molar-refractivity contribution in [1.29, 1.82) is 0 Å². The Morgan fingerprint density at radius 1 is 1.27 bits per heavy atom. The van der Waals surface area contributed by atoms with Gasteiger partial charge in [0.1, 0.15) is 5.60 Å². The van der Waals surface area contributed by atoms with Gasteiger partial charge in [-0.1, -0.05) is 0 Å². The summed E-state index contributed by atoms with van der Waals surface area (Å²) in [5.41, 5.74) is -1.48. The number of halogens is 3. The quantitative estimate of drug-likeness (QED) is 0.701. The number of carbonyl (C=O) groups excluding carboxylic acids is 1. The van der Waals surface area contributed by atoms with Crippen LogP contribution in [0.15, 0.2) is 0 Å². The molecule has 1 amide bonds. The average molecular weight is 227 g/mol. The summed E-state index contributed by atoms with van der Waals surface area (Å²) in [5, 5.41) is 11.5. The zero-order valence-corrected chi connectivity index (χ0v) is 8.82. The van der Waals surface area contributed by atoms with E-state index in [0.29, 0.717) is 0 Å². The minimum absolute atomic E-state index is 0.0182. The first-order chi connectivity index (χ1) is 6.63. The molecule has 0 heterocycles. The van der Waals surface area contributed by atoms with Crippen LogP contribution in [0.3, 0.4) is 0 Å². The molecule has 0 aliphatic heterocycles. The third-order valence-electron chi connectivity index (χ3n) is 1.73. The summed E-state index contributed by atoms with van der Waals surface area (Å²) in [5.74, 6) is -0.575. The highest BCUT2D eigenvalue weighted by atomic mass is 19.4. The van der Waals surface area contributed by atoms with Gasteiger partial charge in [-0.2, -0.15) is 13.2 Å². The Morgan fingerprint density at radius 2 is 1.80 bits per heavy atom. The lowest BCUT2D eigenvalue weighted by atomic mass is 10.1. The fourth-order valence-corrected chi connectivity index (χ4v) is 0.869. The molecule has 0 aromatic carbocycles. The molecular formula is C9H16F3NO2. The van der Waals surface area contributed by atoms with Gasteiger partial charge in [0.2, 0.25) is 0 Å². The van der Waals surface area contributed by atoms with Gasteiger partial charge in [0, 0.05) is 13.0 Å². The molecule has 15 heavy (non-hydrogen) atoms. The summed E-state index contributed by atoms with van der Waals surface area (Å²) in [6.07, 6.45) is -4.75. The third kappa shape index (κ3) is 8.23. The van der Waals surface area contributed by atoms with E-state index in [-0.39, 0.29) is 19.4 Å². The highest BCUT2D eigenvalue weighted by Gasteiger charge is 2.26. The summed E-state index contributed by atoms with van der Waals surface area (Å²) >= 11 is 0. The molecule has 0 atom stereocenters. The first-order valence-electron chi connectivity index (χ1n) is 4.70. The number of alkyl halides is 3. The third-order valence-corrected chi connectivity index (χ3v) is 1.73. The van der Waals surface area contributed by atoms with Crippen molar-refractivity contribution < 1.29 is 23.1 Å². The van der Waals surface area contributed by atoms with E-state index in [0.717, 1.165) is 0 Å². The van der Waals surface area contributed by atoms with Crippen LogP contribution in [0.2, 0.25) is 0 Å². The van der Waals surface area contributed by atoms with Crippen LogP contribution in [0.25, 0.3) is 0 Å². The lowest BCUT2D eigenvalue weighted by molar-refractivity contribution is -0.137. The smallest absolute Gasteiger partial charge is 0.381 e. The van der Waals surface area contributed by atoms with Gasteiger partial charge in [0.05, 0.1) is 0 Å². The minimum Gasteiger partial charge on any atom is -0.381 e. The molecule has 0 aromatic rings. The van der Waals surface area contributed by atoms with Crippen molar-refractivity contribution in [2.24, 2.45) is 0 Å². The molecule has 0 rings (SSSR count). The number of rotatable bonds is 5. The SMILES string of the molecule is CC(C)(O)C(=O)NCCCCC(F)(F)F. The highest BCUT2D eigenvalue weighted by Crippen LogP contribution is 2.21. The second kappa shape index (κ2) is 5.34. The van der Waals surface area contributed by atoms with Crippen molar-refractivity contribution in [2.75, 3.05) is 6.54 Å². The fourth-order valence-electron chi connectivity index (χ4n) is 0.869. The predicted octanol–water partition coefficient (Wildman–Crippen LogP) is 1.61. The molecule has 0 saturated carbocycles. The Labute approximate surface area is 86.7 Å². The number of amides is 1. The minimum atomic E-state index is -4.14. The molecule has 0 unspecified atom stereocenters. The fraction of sp³-hybridized carbons (Fsp3) is 0.889. The summed E-state index contributed by atoms with van der Waals surface area (Å²) < 4.78 is 35.1. The van der Waals surface area contributed by atoms with Crippen LogP contribution in [0.4, 0.5) is 13.2 Å². The van der Waals surface area contributed by atoms with Gasteiger partial charge < -0.3 is 10.4 Å². The maximum absolute atomic E-state index is 11.7. The lowest BCUT2D eigenvalue weighted by Gasteiger charge is -2.16. The number of aliphatic hydroxyl groups is 1. The summed E-state index contributed by atoms with van der Waals surface area (Å²) in [6.45, 7) is 2.79. The van der Waals surface area contributed by atoms with Crippen molar-refractivity contribution in [3.05, 3.63) is 0 Å². The topological polar surface area (TPSA) is 49.3 Å². The van der Waals surface area contributed by atoms with Crippen LogP contribution in [-0.2, 0) is 4.79 Å². The number of unbranched alkanes of at least 4 members (excludes halogenated alkanes) is 1. The average Bonchev–Trinajstić information content (AvgIpc) is 1.99. The Morgan fingerprint density at radius 3 is 2.20 bits per heavy atom. The van der Waals surface area contributed by atoms with Crippen molar-refractivity contribution in [3.63, 3.8) is 0 Å². The van der Waals surface area contributed by atoms with Gasteiger partial charge in [-0.25, -0.2) is 0 Å². The van der Waals surface area contributed by atoms with Gasteiger partial charge in [0.25, 0.3) is 5.91 Å². The molecule has 2 N–H and O–H groups in total. The first kappa shape index (κ1) is 14.2. The molecular weight excluding hydrogens is 211 g/mol. The van der Waals surface area contributed by atoms with E-state index >= 15 is 0 Å². The lowest BCUT2D eigenvalue weighted by Crippen LogP contribution is -2.42. The molecule has 0 saturated heterocycles. The maximum atomic E-state index is 11.7. The standard InChI is InChI=1S/C9H16F3NO2/c1-8(2,15)7(14)13-6-4-3-5-9(10,11)12/h15H,3-6H2,1-2H3,(H,13,14). The molecule has 0 radical (unpaired) electrons. The van der Waals surface area contributed by atoms with Gasteiger partial charge in [-0.05, 0) is 26.7 Å². The van der Waals surface area contributed by atoms with Crippen LogP contribution >= 0.6 is 0 Å². The molecule has 0 aromatic heterocycles. The molecule has 0 bridgehead atoms. The van der Waals surface area contributed by atoms with Gasteiger partial charge in [-0.15, -0.1) is 0 Å². The van der Waals surface area contributed by atoms with Crippen molar-refractivity contribution in [2.45, 2.75) is 44.9 Å². The predicted molar refractivity (Wildman–Crippen MR) is 49.2 cm³/mol. The van der Waals surface area contributed by atoms with Crippen LogP contribution in [0.5, 0.6) is 0 Å². The molecule has 0 aliphatic carbocycles. The van der Waals surface area contributed by atoms with Crippen LogP contribution in [0, 0.1) is 0 Å². The number of hydrogen-bond donors (Lipinski definition) is 2. The van der Waals surface area contributed by atoms with E-state index in [4.69, 9.17) is 0 Å². The zero-order chi connectivity index (χ0) is 12.1. The van der Waals surface area contributed by atoms with E-state index in [9.17, 15) is 23.1 Å². The van der Waals surface area contributed by atoms with Gasteiger partial charge in [-0.3, -0.25) is 4.79 Å². The second-order valence-electron chi connectivity index (χ2n) is 3.89. The Bertz CT molecular complexity index is 208. The zero-order valence-electron chi connectivity index (χ0n) is 8.82. The van der Waals surface area contributed by atoms with Gasteiger partial charge >= 0.3 is 6.18 Å². The number of carbonyl (C=O) groups is 1. The highest BCUT2D eigenvalue weighted by molar-refractivity contribution is 5.83. The molecule has 90 valence electrons. The Balaban J connectivity index is 3.53. The molecule has 0 spiro atoms. The monoisotopic (exact) mass is 227 g/mol. The van der Waals surface area contributed by atoms with Crippen molar-refractivity contribution in [3.8, 4) is 0 Å². The van der Waals surface area contributed by atoms with Crippen LogP contribution in [-0.4, -0.2) is 29.3 Å². The molecule has 0 aliphatic rings. The number of hydrogen-bond acceptors (Lipinski definition) is 2. The molecule has 0 fully saturated rings. The summed E-state index contributed by atoms with van der Waals surface area (Å²) in [4.78, 5) is 11.0. The summed E-state index contributed by atoms with van der Waals surface area (Å²) in [7, 11) is 0. The van der Waals surface area contributed by atoms with Crippen molar-refractivity contribution in [1.82, 2.24) is 5.32 Å². The Kier molecular flexibility index (Phi) is 5.07. The van der Waals surface area contributed by atoms with E-state index in [2.05, 4.69) is 5.32 Å².